The van der Waals surface area contributed by atoms with Crippen molar-refractivity contribution >= 4 is 24.3 Å². The van der Waals surface area contributed by atoms with Crippen LogP contribution in [0.1, 0.15) is 71.3 Å². The molecule has 0 unspecified atom stereocenters. The second-order valence-electron chi connectivity index (χ2n) is 8.18. The smallest absolute Gasteiger partial charge is 0.199 e. The van der Waals surface area contributed by atoms with E-state index in [0.717, 1.165) is 37.1 Å². The second kappa shape index (κ2) is 14.1. The zero-order chi connectivity index (χ0) is 21.0. The van der Waals surface area contributed by atoms with E-state index in [1.807, 2.05) is 12.1 Å². The van der Waals surface area contributed by atoms with Gasteiger partial charge in [-0.05, 0) is 44.4 Å². The Morgan fingerprint density at radius 1 is 0.833 bits per heavy atom. The molecule has 7 heteroatoms. The average molecular weight is 438 g/mol. The van der Waals surface area contributed by atoms with Gasteiger partial charge in [0.1, 0.15) is 11.4 Å². The van der Waals surface area contributed by atoms with Crippen molar-refractivity contribution in [1.82, 2.24) is 16.0 Å². The summed E-state index contributed by atoms with van der Waals surface area (Å²) in [6.45, 7) is 8.00. The minimum atomic E-state index is -0.275. The van der Waals surface area contributed by atoms with Crippen LogP contribution in [0, 0.1) is 0 Å². The highest BCUT2D eigenvalue weighted by Crippen LogP contribution is 2.12. The van der Waals surface area contributed by atoms with Crippen molar-refractivity contribution in [2.75, 3.05) is 20.2 Å². The van der Waals surface area contributed by atoms with Crippen molar-refractivity contribution in [3.05, 3.63) is 29.8 Å². The monoisotopic (exact) mass is 437 g/mol. The Morgan fingerprint density at radius 3 is 2.00 bits per heavy atom. The van der Waals surface area contributed by atoms with Crippen molar-refractivity contribution in [3.8, 4) is 5.75 Å². The third-order valence-electron chi connectivity index (χ3n) is 4.96. The molecular formula is C23H40ClN5O. The number of aliphatic imine (C=N–C) groups is 2. The van der Waals surface area contributed by atoms with Crippen LogP contribution in [0.15, 0.2) is 34.3 Å². The van der Waals surface area contributed by atoms with Crippen LogP contribution in [0.3, 0.4) is 0 Å². The van der Waals surface area contributed by atoms with Crippen LogP contribution >= 0.6 is 12.4 Å². The van der Waals surface area contributed by atoms with E-state index in [4.69, 9.17) is 14.7 Å². The van der Waals surface area contributed by atoms with Crippen molar-refractivity contribution in [2.24, 2.45) is 9.98 Å². The molecule has 1 saturated heterocycles. The van der Waals surface area contributed by atoms with E-state index in [9.17, 15) is 0 Å². The van der Waals surface area contributed by atoms with Gasteiger partial charge >= 0.3 is 0 Å². The van der Waals surface area contributed by atoms with Crippen molar-refractivity contribution < 1.29 is 4.74 Å². The van der Waals surface area contributed by atoms with E-state index in [1.54, 1.807) is 7.11 Å². The first-order valence-corrected chi connectivity index (χ1v) is 11.1. The maximum atomic E-state index is 5.21. The van der Waals surface area contributed by atoms with E-state index in [-0.39, 0.29) is 18.1 Å². The van der Waals surface area contributed by atoms with Gasteiger partial charge in [0.25, 0.3) is 0 Å². The van der Waals surface area contributed by atoms with Gasteiger partial charge in [-0.25, -0.2) is 0 Å². The molecule has 0 spiro atoms. The summed E-state index contributed by atoms with van der Waals surface area (Å²) in [7, 11) is 1.68. The number of ether oxygens (including phenoxy) is 1. The molecule has 0 radical (unpaired) electrons. The maximum Gasteiger partial charge on any atom is 0.199 e. The molecule has 1 aliphatic heterocycles. The van der Waals surface area contributed by atoms with Crippen LogP contribution in [-0.2, 0) is 6.42 Å². The summed E-state index contributed by atoms with van der Waals surface area (Å²) in [5, 5.41) is 10.1. The summed E-state index contributed by atoms with van der Waals surface area (Å²) in [6, 6.07) is 8.14. The number of methoxy groups -OCH3 is 1. The third kappa shape index (κ3) is 10.2. The number of unbranched alkanes of at least 4 members (excludes halogenated alkanes) is 6. The van der Waals surface area contributed by atoms with E-state index >= 15 is 0 Å². The van der Waals surface area contributed by atoms with Gasteiger partial charge in [0, 0.05) is 13.1 Å². The van der Waals surface area contributed by atoms with Crippen LogP contribution in [-0.4, -0.2) is 37.8 Å². The molecule has 6 nitrogen and oxygen atoms in total. The molecular weight excluding hydrogens is 398 g/mol. The van der Waals surface area contributed by atoms with Gasteiger partial charge in [-0.1, -0.05) is 57.6 Å². The lowest BCUT2D eigenvalue weighted by molar-refractivity contribution is 0.403. The lowest BCUT2D eigenvalue weighted by Gasteiger charge is -2.36. The number of guanidine groups is 2. The Hall–Kier alpha value is -1.95. The van der Waals surface area contributed by atoms with Gasteiger partial charge in [0.2, 0.25) is 0 Å². The van der Waals surface area contributed by atoms with Gasteiger partial charge in [-0.3, -0.25) is 15.3 Å². The number of benzene rings is 1. The zero-order valence-electron chi connectivity index (χ0n) is 19.1. The predicted molar refractivity (Wildman–Crippen MR) is 130 cm³/mol. The average Bonchev–Trinajstić information content (AvgIpc) is 2.69. The maximum absolute atomic E-state index is 5.21. The molecule has 0 aromatic heterocycles. The van der Waals surface area contributed by atoms with Gasteiger partial charge in [0.15, 0.2) is 11.9 Å². The number of hydrogen-bond acceptors (Lipinski definition) is 3. The van der Waals surface area contributed by atoms with Crippen LogP contribution in [0.2, 0.25) is 0 Å². The molecule has 2 rings (SSSR count). The normalized spacial score (nSPS) is 17.6. The fraction of sp³-hybridized carbons (Fsp3) is 0.652. The summed E-state index contributed by atoms with van der Waals surface area (Å²) in [5.41, 5.74) is 0.972. The minimum absolute atomic E-state index is 0. The van der Waals surface area contributed by atoms with Crippen LogP contribution in [0.5, 0.6) is 5.75 Å². The minimum Gasteiger partial charge on any atom is -0.497 e. The SMILES string of the molecule is CCCCCCCCCN=C1NC(=NCCc2ccc(OC)cc2)NC(C)(C)N1.Cl. The van der Waals surface area contributed by atoms with Gasteiger partial charge < -0.3 is 15.4 Å². The van der Waals surface area contributed by atoms with Crippen molar-refractivity contribution in [1.29, 1.82) is 0 Å². The molecule has 0 aliphatic carbocycles. The summed E-state index contributed by atoms with van der Waals surface area (Å²) in [6.07, 6.45) is 9.97. The first-order valence-electron chi connectivity index (χ1n) is 11.1. The largest absolute Gasteiger partial charge is 0.497 e. The fourth-order valence-electron chi connectivity index (χ4n) is 3.30. The van der Waals surface area contributed by atoms with E-state index in [1.165, 1.54) is 44.1 Å². The molecule has 1 aliphatic rings. The Labute approximate surface area is 188 Å². The topological polar surface area (TPSA) is 70.0 Å². The summed E-state index contributed by atoms with van der Waals surface area (Å²) < 4.78 is 5.21. The molecule has 0 bridgehead atoms. The highest BCUT2D eigenvalue weighted by molar-refractivity contribution is 6.01. The highest BCUT2D eigenvalue weighted by atomic mass is 35.5. The lowest BCUT2D eigenvalue weighted by Crippen LogP contribution is -2.68. The Bertz CT molecular complexity index is 658. The van der Waals surface area contributed by atoms with Crippen LogP contribution in [0.4, 0.5) is 0 Å². The number of hydrogen-bond donors (Lipinski definition) is 3. The first kappa shape index (κ1) is 26.1. The molecule has 1 aromatic rings. The molecule has 170 valence electrons. The first-order chi connectivity index (χ1) is 14.0. The Balaban J connectivity index is 0.00000450. The van der Waals surface area contributed by atoms with E-state index in [0.29, 0.717) is 6.54 Å². The number of nitrogens with zero attached hydrogens (tertiary/aromatic N) is 2. The standard InChI is InChI=1S/C23H39N5O.ClH/c1-5-6-7-8-9-10-11-17-24-21-26-22(28-23(2,3)27-21)25-18-16-19-12-14-20(29-4)15-13-19;/h12-15H,5-11,16-18H2,1-4H3,(H3,24,25,26,27,28);1H. The summed E-state index contributed by atoms with van der Waals surface area (Å²) in [5.74, 6) is 2.47. The van der Waals surface area contributed by atoms with Crippen molar-refractivity contribution in [2.45, 2.75) is 77.8 Å². The predicted octanol–water partition coefficient (Wildman–Crippen LogP) is 4.64. The van der Waals surface area contributed by atoms with Crippen molar-refractivity contribution in [3.63, 3.8) is 0 Å². The molecule has 3 N–H and O–H groups in total. The molecule has 0 amide bonds. The molecule has 1 heterocycles. The Morgan fingerprint density at radius 2 is 1.40 bits per heavy atom. The second-order valence-corrected chi connectivity index (χ2v) is 8.18. The summed E-state index contributed by atoms with van der Waals surface area (Å²) in [4.78, 5) is 9.40. The highest BCUT2D eigenvalue weighted by Gasteiger charge is 2.26. The van der Waals surface area contributed by atoms with Gasteiger partial charge in [-0.2, -0.15) is 0 Å². The van der Waals surface area contributed by atoms with Gasteiger partial charge in [-0.15, -0.1) is 12.4 Å². The van der Waals surface area contributed by atoms with Gasteiger partial charge in [0.05, 0.1) is 7.11 Å². The molecule has 1 fully saturated rings. The molecule has 1 aromatic carbocycles. The molecule has 0 saturated carbocycles. The number of halogens is 1. The summed E-state index contributed by atoms with van der Waals surface area (Å²) >= 11 is 0. The Kier molecular flexibility index (Phi) is 12.3. The third-order valence-corrected chi connectivity index (χ3v) is 4.96. The quantitative estimate of drug-likeness (QED) is 0.416. The van der Waals surface area contributed by atoms with Crippen LogP contribution < -0.4 is 20.7 Å². The van der Waals surface area contributed by atoms with E-state index < -0.39 is 0 Å². The number of nitrogens with one attached hydrogen (secondary N) is 3. The number of rotatable bonds is 12. The molecule has 0 atom stereocenters. The zero-order valence-corrected chi connectivity index (χ0v) is 19.9. The van der Waals surface area contributed by atoms with E-state index in [2.05, 4.69) is 48.9 Å². The fourth-order valence-corrected chi connectivity index (χ4v) is 3.30. The van der Waals surface area contributed by atoms with Crippen LogP contribution in [0.25, 0.3) is 0 Å². The lowest BCUT2D eigenvalue weighted by atomic mass is 10.1. The molecule has 30 heavy (non-hydrogen) atoms.